The van der Waals surface area contributed by atoms with Crippen LogP contribution < -0.4 is 10.6 Å². The maximum atomic E-state index is 11.8. The average Bonchev–Trinajstić information content (AvgIpc) is 2.63. The molecule has 2 atom stereocenters. The molecule has 0 radical (unpaired) electrons. The summed E-state index contributed by atoms with van der Waals surface area (Å²) in [5.41, 5.74) is 0. The minimum absolute atomic E-state index is 0.0244. The number of nitrogens with one attached hydrogen (secondary N) is 2. The van der Waals surface area contributed by atoms with E-state index >= 15 is 0 Å². The molecule has 1 aliphatic rings. The molecule has 0 aromatic heterocycles. The highest BCUT2D eigenvalue weighted by atomic mass is 16.5. The Hall–Kier alpha value is -0.610. The minimum Gasteiger partial charge on any atom is -0.379 e. The highest BCUT2D eigenvalue weighted by molar-refractivity contribution is 5.79. The Morgan fingerprint density at radius 1 is 1.47 bits per heavy atom. The molecule has 88 valence electrons. The van der Waals surface area contributed by atoms with Crippen LogP contribution in [0.2, 0.25) is 0 Å². The first-order valence-electron chi connectivity index (χ1n) is 5.74. The highest BCUT2D eigenvalue weighted by Gasteiger charge is 2.33. The van der Waals surface area contributed by atoms with Crippen molar-refractivity contribution in [1.29, 1.82) is 0 Å². The summed E-state index contributed by atoms with van der Waals surface area (Å²) in [6.45, 7) is 9.03. The third-order valence-corrected chi connectivity index (χ3v) is 2.57. The Balaban J connectivity index is 2.36. The average molecular weight is 214 g/mol. The van der Waals surface area contributed by atoms with Gasteiger partial charge in [-0.25, -0.2) is 0 Å². The first-order valence-corrected chi connectivity index (χ1v) is 5.74. The van der Waals surface area contributed by atoms with Gasteiger partial charge in [0.1, 0.15) is 0 Å². The largest absolute Gasteiger partial charge is 0.379 e. The van der Waals surface area contributed by atoms with Crippen LogP contribution in [-0.2, 0) is 9.53 Å². The number of carbonyl (C=O) groups excluding carboxylic acids is 1. The molecular weight excluding hydrogens is 192 g/mol. The number of carbonyl (C=O) groups is 1. The monoisotopic (exact) mass is 214 g/mol. The second-order valence-corrected chi connectivity index (χ2v) is 4.45. The number of hydrogen-bond donors (Lipinski definition) is 2. The fourth-order valence-electron chi connectivity index (χ4n) is 1.71. The van der Waals surface area contributed by atoms with Gasteiger partial charge in [0.25, 0.3) is 0 Å². The molecule has 4 heteroatoms. The molecule has 4 nitrogen and oxygen atoms in total. The van der Waals surface area contributed by atoms with E-state index in [1.165, 1.54) is 0 Å². The van der Waals surface area contributed by atoms with Gasteiger partial charge in [-0.05, 0) is 12.5 Å². The van der Waals surface area contributed by atoms with Gasteiger partial charge >= 0.3 is 0 Å². The van der Waals surface area contributed by atoms with Crippen molar-refractivity contribution in [2.75, 3.05) is 26.3 Å². The Labute approximate surface area is 91.8 Å². The van der Waals surface area contributed by atoms with E-state index in [9.17, 15) is 4.79 Å². The maximum absolute atomic E-state index is 11.8. The van der Waals surface area contributed by atoms with Crippen LogP contribution in [0.25, 0.3) is 0 Å². The van der Waals surface area contributed by atoms with Crippen molar-refractivity contribution in [1.82, 2.24) is 10.6 Å². The zero-order chi connectivity index (χ0) is 11.3. The fourth-order valence-corrected chi connectivity index (χ4v) is 1.71. The molecule has 0 spiro atoms. The van der Waals surface area contributed by atoms with E-state index < -0.39 is 0 Å². The number of amides is 1. The molecular formula is C11H22N2O2. The standard InChI is InChI=1S/C11H22N2O2/c1-4-12-10-7-15-6-9(10)11(14)13-5-8(2)3/h8-10,12H,4-7H2,1-3H3,(H,13,14). The molecule has 1 saturated heterocycles. The molecule has 0 aliphatic carbocycles. The van der Waals surface area contributed by atoms with Gasteiger partial charge in [-0.1, -0.05) is 20.8 Å². The minimum atomic E-state index is -0.0244. The van der Waals surface area contributed by atoms with E-state index in [-0.39, 0.29) is 17.9 Å². The van der Waals surface area contributed by atoms with E-state index in [0.29, 0.717) is 19.1 Å². The van der Waals surface area contributed by atoms with Gasteiger partial charge in [0.2, 0.25) is 5.91 Å². The summed E-state index contributed by atoms with van der Waals surface area (Å²) in [5.74, 6) is 0.588. The summed E-state index contributed by atoms with van der Waals surface area (Å²) < 4.78 is 5.33. The quantitative estimate of drug-likeness (QED) is 0.696. The zero-order valence-electron chi connectivity index (χ0n) is 9.88. The van der Waals surface area contributed by atoms with E-state index in [1.807, 2.05) is 6.92 Å². The molecule has 0 aromatic carbocycles. The van der Waals surface area contributed by atoms with E-state index in [4.69, 9.17) is 4.74 Å². The molecule has 2 unspecified atom stereocenters. The third kappa shape index (κ3) is 3.80. The van der Waals surface area contributed by atoms with Crippen molar-refractivity contribution in [3.05, 3.63) is 0 Å². The summed E-state index contributed by atoms with van der Waals surface area (Å²) in [7, 11) is 0. The topological polar surface area (TPSA) is 50.4 Å². The van der Waals surface area contributed by atoms with Crippen LogP contribution in [0.1, 0.15) is 20.8 Å². The van der Waals surface area contributed by atoms with Gasteiger partial charge in [0, 0.05) is 12.6 Å². The van der Waals surface area contributed by atoms with Crippen LogP contribution in [0.5, 0.6) is 0 Å². The number of ether oxygens (including phenoxy) is 1. The molecule has 1 amide bonds. The maximum Gasteiger partial charge on any atom is 0.227 e. The van der Waals surface area contributed by atoms with Crippen molar-refractivity contribution in [2.45, 2.75) is 26.8 Å². The lowest BCUT2D eigenvalue weighted by atomic mass is 10.0. The van der Waals surface area contributed by atoms with Crippen LogP contribution in [-0.4, -0.2) is 38.3 Å². The predicted octanol–water partition coefficient (Wildman–Crippen LogP) is 0.383. The van der Waals surface area contributed by atoms with Gasteiger partial charge in [0.05, 0.1) is 19.1 Å². The Morgan fingerprint density at radius 2 is 2.20 bits per heavy atom. The van der Waals surface area contributed by atoms with Crippen molar-refractivity contribution < 1.29 is 9.53 Å². The van der Waals surface area contributed by atoms with E-state index in [2.05, 4.69) is 24.5 Å². The third-order valence-electron chi connectivity index (χ3n) is 2.57. The van der Waals surface area contributed by atoms with Crippen molar-refractivity contribution >= 4 is 5.91 Å². The smallest absolute Gasteiger partial charge is 0.227 e. The molecule has 1 heterocycles. The molecule has 1 fully saturated rings. The fraction of sp³-hybridized carbons (Fsp3) is 0.909. The van der Waals surface area contributed by atoms with Crippen molar-refractivity contribution in [2.24, 2.45) is 11.8 Å². The van der Waals surface area contributed by atoms with Crippen LogP contribution in [0.4, 0.5) is 0 Å². The van der Waals surface area contributed by atoms with Gasteiger partial charge < -0.3 is 15.4 Å². The van der Waals surface area contributed by atoms with Crippen LogP contribution in [0.15, 0.2) is 0 Å². The second kappa shape index (κ2) is 6.08. The van der Waals surface area contributed by atoms with Gasteiger partial charge in [-0.2, -0.15) is 0 Å². The van der Waals surface area contributed by atoms with Crippen molar-refractivity contribution in [3.63, 3.8) is 0 Å². The second-order valence-electron chi connectivity index (χ2n) is 4.45. The van der Waals surface area contributed by atoms with Gasteiger partial charge in [-0.15, -0.1) is 0 Å². The summed E-state index contributed by atoms with van der Waals surface area (Å²) in [6, 6.07) is 0.183. The lowest BCUT2D eigenvalue weighted by Gasteiger charge is -2.18. The Kier molecular flexibility index (Phi) is 5.05. The summed E-state index contributed by atoms with van der Waals surface area (Å²) in [6.07, 6.45) is 0. The van der Waals surface area contributed by atoms with E-state index in [1.54, 1.807) is 0 Å². The molecule has 15 heavy (non-hydrogen) atoms. The number of rotatable bonds is 5. The molecule has 0 bridgehead atoms. The summed E-state index contributed by atoms with van der Waals surface area (Å²) in [4.78, 5) is 11.8. The lowest BCUT2D eigenvalue weighted by Crippen LogP contribution is -2.44. The van der Waals surface area contributed by atoms with E-state index in [0.717, 1.165) is 13.1 Å². The molecule has 2 N–H and O–H groups in total. The summed E-state index contributed by atoms with van der Waals surface area (Å²) >= 11 is 0. The first-order chi connectivity index (χ1) is 7.15. The van der Waals surface area contributed by atoms with Gasteiger partial charge in [-0.3, -0.25) is 4.79 Å². The number of hydrogen-bond acceptors (Lipinski definition) is 3. The van der Waals surface area contributed by atoms with Crippen LogP contribution in [0, 0.1) is 11.8 Å². The van der Waals surface area contributed by atoms with Crippen molar-refractivity contribution in [3.8, 4) is 0 Å². The highest BCUT2D eigenvalue weighted by Crippen LogP contribution is 2.13. The Morgan fingerprint density at radius 3 is 2.80 bits per heavy atom. The first kappa shape index (κ1) is 12.5. The lowest BCUT2D eigenvalue weighted by molar-refractivity contribution is -0.125. The Bertz CT molecular complexity index is 207. The number of likely N-dealkylation sites (N-methyl/N-ethyl adjacent to an activating group) is 1. The molecule has 0 aromatic rings. The van der Waals surface area contributed by atoms with Gasteiger partial charge in [0.15, 0.2) is 0 Å². The zero-order valence-corrected chi connectivity index (χ0v) is 9.88. The van der Waals surface area contributed by atoms with Crippen LogP contribution >= 0.6 is 0 Å². The van der Waals surface area contributed by atoms with Crippen LogP contribution in [0.3, 0.4) is 0 Å². The predicted molar refractivity (Wildman–Crippen MR) is 59.6 cm³/mol. The normalized spacial score (nSPS) is 25.9. The molecule has 1 rings (SSSR count). The SMILES string of the molecule is CCNC1COCC1C(=O)NCC(C)C. The molecule has 1 aliphatic heterocycles. The molecule has 0 saturated carbocycles. The summed E-state index contributed by atoms with van der Waals surface area (Å²) in [5, 5.41) is 6.23.